The summed E-state index contributed by atoms with van der Waals surface area (Å²) in [7, 11) is 0. The Morgan fingerprint density at radius 3 is 1.69 bits per heavy atom. The zero-order valence-corrected chi connectivity index (χ0v) is 19.2. The molecule has 1 atom stereocenters. The number of nitrogens with two attached hydrogens (primary N) is 1. The van der Waals surface area contributed by atoms with Crippen molar-refractivity contribution in [3.8, 4) is 0 Å². The molecule has 184 valence electrons. The Hall–Kier alpha value is -2.65. The summed E-state index contributed by atoms with van der Waals surface area (Å²) in [6.45, 7) is 1.47. The van der Waals surface area contributed by atoms with Gasteiger partial charge in [-0.25, -0.2) is 4.79 Å². The fourth-order valence-corrected chi connectivity index (χ4v) is 3.11. The van der Waals surface area contributed by atoms with Crippen LogP contribution in [0.25, 0.3) is 0 Å². The summed E-state index contributed by atoms with van der Waals surface area (Å²) < 4.78 is 0. The minimum Gasteiger partial charge on any atom is -0.480 e. The molecule has 0 aromatic carbocycles. The minimum atomic E-state index is -1.46. The zero-order valence-electron chi connectivity index (χ0n) is 19.2. The highest BCUT2D eigenvalue weighted by Crippen LogP contribution is 2.11. The first-order valence-electron chi connectivity index (χ1n) is 11.6. The van der Waals surface area contributed by atoms with E-state index in [1.165, 1.54) is 51.4 Å². The maximum atomic E-state index is 11.8. The Morgan fingerprint density at radius 2 is 1.19 bits per heavy atom. The summed E-state index contributed by atoms with van der Waals surface area (Å²) in [6, 6.07) is -1.46. The number of carboxylic acid groups (broad SMARTS) is 1. The third-order valence-corrected chi connectivity index (χ3v) is 4.94. The minimum absolute atomic E-state index is 0.229. The van der Waals surface area contributed by atoms with Crippen molar-refractivity contribution < 1.29 is 29.1 Å². The number of hydrogen-bond acceptors (Lipinski definition) is 5. The Labute approximate surface area is 190 Å². The highest BCUT2D eigenvalue weighted by atomic mass is 16.4. The first-order chi connectivity index (χ1) is 15.3. The van der Waals surface area contributed by atoms with Crippen LogP contribution in [-0.2, 0) is 24.0 Å². The van der Waals surface area contributed by atoms with Gasteiger partial charge in [0.1, 0.15) is 6.04 Å². The molecule has 0 aliphatic rings. The van der Waals surface area contributed by atoms with Crippen LogP contribution in [0.2, 0.25) is 0 Å². The van der Waals surface area contributed by atoms with Gasteiger partial charge in [0.05, 0.1) is 19.5 Å². The van der Waals surface area contributed by atoms with Crippen molar-refractivity contribution in [1.82, 2.24) is 16.0 Å². The predicted octanol–water partition coefficient (Wildman–Crippen LogP) is 1.36. The van der Waals surface area contributed by atoms with Gasteiger partial charge in [-0.3, -0.25) is 19.2 Å². The van der Waals surface area contributed by atoms with Crippen LogP contribution in [0.4, 0.5) is 0 Å². The number of hydrogen-bond donors (Lipinski definition) is 5. The smallest absolute Gasteiger partial charge is 0.326 e. The number of rotatable bonds is 20. The van der Waals surface area contributed by atoms with Gasteiger partial charge in [0.2, 0.25) is 23.6 Å². The van der Waals surface area contributed by atoms with Crippen molar-refractivity contribution in [2.45, 2.75) is 96.4 Å². The molecular weight excluding hydrogens is 416 g/mol. The van der Waals surface area contributed by atoms with Gasteiger partial charge < -0.3 is 26.8 Å². The lowest BCUT2D eigenvalue weighted by molar-refractivity contribution is -0.143. The third-order valence-electron chi connectivity index (χ3n) is 4.94. The molecule has 32 heavy (non-hydrogen) atoms. The van der Waals surface area contributed by atoms with Gasteiger partial charge in [-0.05, 0) is 6.42 Å². The average molecular weight is 457 g/mol. The van der Waals surface area contributed by atoms with Gasteiger partial charge in [-0.15, -0.1) is 0 Å². The van der Waals surface area contributed by atoms with Crippen LogP contribution in [0.5, 0.6) is 0 Å². The number of carbonyl (C=O) groups excluding carboxylic acids is 4. The highest BCUT2D eigenvalue weighted by molar-refractivity contribution is 5.91. The molecule has 0 unspecified atom stereocenters. The molecule has 0 aliphatic heterocycles. The number of amides is 4. The van der Waals surface area contributed by atoms with E-state index < -0.39 is 42.7 Å². The summed E-state index contributed by atoms with van der Waals surface area (Å²) in [4.78, 5) is 56.9. The number of unbranched alkanes of at least 4 members (excludes halogenated alkanes) is 10. The van der Waals surface area contributed by atoms with Crippen LogP contribution in [0.1, 0.15) is 90.4 Å². The van der Waals surface area contributed by atoms with E-state index in [0.717, 1.165) is 19.3 Å². The summed E-state index contributed by atoms with van der Waals surface area (Å²) >= 11 is 0. The Morgan fingerprint density at radius 1 is 0.719 bits per heavy atom. The lowest BCUT2D eigenvalue weighted by Crippen LogP contribution is -2.48. The molecule has 0 radical (unpaired) electrons. The number of carboxylic acids is 1. The molecule has 10 nitrogen and oxygen atoms in total. The SMILES string of the molecule is CCCCCCCCCCCCCC(=O)NCC(=O)NCC(=O)N[C@@H](CC(N)=O)C(=O)O. The molecule has 0 spiro atoms. The van der Waals surface area contributed by atoms with Crippen LogP contribution >= 0.6 is 0 Å². The summed E-state index contributed by atoms with van der Waals surface area (Å²) in [6.07, 6.45) is 12.9. The van der Waals surface area contributed by atoms with Gasteiger partial charge in [0.25, 0.3) is 0 Å². The number of aliphatic carboxylic acids is 1. The largest absolute Gasteiger partial charge is 0.480 e. The van der Waals surface area contributed by atoms with Crippen LogP contribution < -0.4 is 21.7 Å². The van der Waals surface area contributed by atoms with Gasteiger partial charge in [-0.1, -0.05) is 71.1 Å². The molecule has 0 aromatic heterocycles. The van der Waals surface area contributed by atoms with E-state index in [-0.39, 0.29) is 12.5 Å². The molecule has 0 aromatic rings. The van der Waals surface area contributed by atoms with Gasteiger partial charge >= 0.3 is 5.97 Å². The Balaban J connectivity index is 3.72. The Bertz CT molecular complexity index is 597. The molecule has 4 amide bonds. The number of primary amides is 1. The molecule has 0 bridgehead atoms. The lowest BCUT2D eigenvalue weighted by atomic mass is 10.1. The fraction of sp³-hybridized carbons (Fsp3) is 0.773. The zero-order chi connectivity index (χ0) is 24.2. The third kappa shape index (κ3) is 18.1. The fourth-order valence-electron chi connectivity index (χ4n) is 3.11. The van der Waals surface area contributed by atoms with Gasteiger partial charge in [0.15, 0.2) is 0 Å². The quantitative estimate of drug-likeness (QED) is 0.173. The summed E-state index contributed by atoms with van der Waals surface area (Å²) in [5.41, 5.74) is 4.92. The maximum absolute atomic E-state index is 11.8. The van der Waals surface area contributed by atoms with Crippen LogP contribution in [0, 0.1) is 0 Å². The van der Waals surface area contributed by atoms with Crippen LogP contribution in [0.3, 0.4) is 0 Å². The number of carbonyl (C=O) groups is 5. The van der Waals surface area contributed by atoms with E-state index in [2.05, 4.69) is 22.9 Å². The van der Waals surface area contributed by atoms with Crippen molar-refractivity contribution in [3.05, 3.63) is 0 Å². The van der Waals surface area contributed by atoms with Gasteiger partial charge in [0, 0.05) is 6.42 Å². The van der Waals surface area contributed by atoms with Crippen molar-refractivity contribution in [3.63, 3.8) is 0 Å². The van der Waals surface area contributed by atoms with Crippen LogP contribution in [0.15, 0.2) is 0 Å². The van der Waals surface area contributed by atoms with E-state index >= 15 is 0 Å². The first kappa shape index (κ1) is 29.4. The highest BCUT2D eigenvalue weighted by Gasteiger charge is 2.22. The van der Waals surface area contributed by atoms with Crippen LogP contribution in [-0.4, -0.2) is 53.8 Å². The summed E-state index contributed by atoms with van der Waals surface area (Å²) in [5, 5.41) is 15.8. The van der Waals surface area contributed by atoms with Crippen molar-refractivity contribution in [1.29, 1.82) is 0 Å². The van der Waals surface area contributed by atoms with E-state index in [1.54, 1.807) is 0 Å². The van der Waals surface area contributed by atoms with E-state index in [4.69, 9.17) is 10.8 Å². The molecule has 0 aliphatic carbocycles. The standard InChI is InChI=1S/C22H40N4O6/c1-2-3-4-5-6-7-8-9-10-11-12-13-19(28)24-15-20(29)25-16-21(30)26-17(22(31)32)14-18(23)27/h17H,2-16H2,1H3,(H2,23,27)(H,24,28)(H,25,29)(H,26,30)(H,31,32)/t17-/m0/s1. The lowest BCUT2D eigenvalue weighted by Gasteiger charge is -2.13. The molecule has 6 N–H and O–H groups in total. The van der Waals surface area contributed by atoms with Crippen molar-refractivity contribution in [2.75, 3.05) is 13.1 Å². The molecule has 0 saturated heterocycles. The first-order valence-corrected chi connectivity index (χ1v) is 11.6. The molecule has 0 heterocycles. The summed E-state index contributed by atoms with van der Waals surface area (Å²) in [5.74, 6) is -3.86. The second-order valence-corrected chi connectivity index (χ2v) is 7.97. The van der Waals surface area contributed by atoms with Crippen molar-refractivity contribution >= 4 is 29.6 Å². The van der Waals surface area contributed by atoms with Crippen molar-refractivity contribution in [2.24, 2.45) is 5.73 Å². The molecule has 10 heteroatoms. The average Bonchev–Trinajstić information content (AvgIpc) is 2.73. The second-order valence-electron chi connectivity index (χ2n) is 7.97. The normalized spacial score (nSPS) is 11.4. The van der Waals surface area contributed by atoms with E-state index in [1.807, 2.05) is 0 Å². The monoisotopic (exact) mass is 456 g/mol. The van der Waals surface area contributed by atoms with E-state index in [9.17, 15) is 24.0 Å². The molecule has 0 rings (SSSR count). The maximum Gasteiger partial charge on any atom is 0.326 e. The Kier molecular flexibility index (Phi) is 17.5. The topological polar surface area (TPSA) is 168 Å². The molecule has 0 fully saturated rings. The number of nitrogens with one attached hydrogen (secondary N) is 3. The molecular formula is C22H40N4O6. The predicted molar refractivity (Wildman–Crippen MR) is 120 cm³/mol. The second kappa shape index (κ2) is 19.1. The van der Waals surface area contributed by atoms with Gasteiger partial charge in [-0.2, -0.15) is 0 Å². The van der Waals surface area contributed by atoms with E-state index in [0.29, 0.717) is 6.42 Å². The molecule has 0 saturated carbocycles.